The van der Waals surface area contributed by atoms with Crippen molar-refractivity contribution in [2.45, 2.75) is 38.6 Å². The third kappa shape index (κ3) is 5.57. The highest BCUT2D eigenvalue weighted by Crippen LogP contribution is 2.24. The summed E-state index contributed by atoms with van der Waals surface area (Å²) in [7, 11) is 0. The Bertz CT molecular complexity index is 778. The monoisotopic (exact) mass is 422 g/mol. The zero-order valence-electron chi connectivity index (χ0n) is 16.2. The summed E-state index contributed by atoms with van der Waals surface area (Å²) in [5.74, 6) is 2.19. The molecule has 0 aliphatic carbocycles. The predicted octanol–water partition coefficient (Wildman–Crippen LogP) is 2.84. The fourth-order valence-electron chi connectivity index (χ4n) is 3.48. The maximum absolute atomic E-state index is 12.9. The highest BCUT2D eigenvalue weighted by Gasteiger charge is 2.30. The molecule has 3 heterocycles. The molecule has 2 aromatic rings. The maximum atomic E-state index is 12.9. The number of carbonyl (C=O) groups is 2. The van der Waals surface area contributed by atoms with Crippen molar-refractivity contribution in [1.82, 2.24) is 20.4 Å². The Hall–Kier alpha value is -1.87. The van der Waals surface area contributed by atoms with Crippen LogP contribution in [0.1, 0.15) is 32.1 Å². The van der Waals surface area contributed by atoms with Crippen molar-refractivity contribution in [1.29, 1.82) is 0 Å². The molecule has 0 aromatic carbocycles. The van der Waals surface area contributed by atoms with E-state index in [4.69, 9.17) is 4.52 Å². The Morgan fingerprint density at radius 1 is 1.50 bits per heavy atom. The van der Waals surface area contributed by atoms with E-state index in [2.05, 4.69) is 15.5 Å². The van der Waals surface area contributed by atoms with Crippen molar-refractivity contribution in [2.24, 2.45) is 5.92 Å². The standard InChI is InChI=1S/C19H26N4O3S2/c1-13(24)20-16(6-8-27-2)19(25)23-7-3-4-14(11-23)10-17-21-18(22-26-17)15-5-9-28-12-15/h5,9,12,14,16H,3-4,6-8,10-11H2,1-2H3,(H,20,24). The van der Waals surface area contributed by atoms with Gasteiger partial charge in [-0.25, -0.2) is 0 Å². The predicted molar refractivity (Wildman–Crippen MR) is 111 cm³/mol. The average Bonchev–Trinajstić information content (AvgIpc) is 3.36. The molecule has 0 spiro atoms. The van der Waals surface area contributed by atoms with E-state index in [1.165, 1.54) is 6.92 Å². The molecule has 1 aliphatic heterocycles. The molecule has 2 aromatic heterocycles. The minimum atomic E-state index is -0.447. The number of nitrogens with one attached hydrogen (secondary N) is 1. The lowest BCUT2D eigenvalue weighted by atomic mass is 9.94. The first-order chi connectivity index (χ1) is 13.6. The number of hydrogen-bond acceptors (Lipinski definition) is 7. The minimum Gasteiger partial charge on any atom is -0.345 e. The van der Waals surface area contributed by atoms with Gasteiger partial charge in [0, 0.05) is 37.4 Å². The van der Waals surface area contributed by atoms with Crippen LogP contribution in [0.3, 0.4) is 0 Å². The number of aromatic nitrogens is 2. The first-order valence-electron chi connectivity index (χ1n) is 9.46. The van der Waals surface area contributed by atoms with Gasteiger partial charge in [-0.15, -0.1) is 0 Å². The van der Waals surface area contributed by atoms with Crippen molar-refractivity contribution >= 4 is 34.9 Å². The second-order valence-electron chi connectivity index (χ2n) is 7.05. The van der Waals surface area contributed by atoms with E-state index in [0.29, 0.717) is 31.1 Å². The molecule has 3 rings (SSSR count). The highest BCUT2D eigenvalue weighted by atomic mass is 32.2. The molecule has 28 heavy (non-hydrogen) atoms. The van der Waals surface area contributed by atoms with E-state index in [-0.39, 0.29) is 17.7 Å². The van der Waals surface area contributed by atoms with Crippen molar-refractivity contribution in [3.05, 3.63) is 22.7 Å². The molecule has 1 fully saturated rings. The van der Waals surface area contributed by atoms with E-state index < -0.39 is 6.04 Å². The summed E-state index contributed by atoms with van der Waals surface area (Å²) in [6.07, 6.45) is 5.28. The first-order valence-corrected chi connectivity index (χ1v) is 11.8. The van der Waals surface area contributed by atoms with Gasteiger partial charge in [0.05, 0.1) is 0 Å². The van der Waals surface area contributed by atoms with Gasteiger partial charge < -0.3 is 14.7 Å². The van der Waals surface area contributed by atoms with Crippen LogP contribution in [-0.4, -0.2) is 58.0 Å². The molecule has 0 saturated carbocycles. The molecule has 0 radical (unpaired) electrons. The largest absolute Gasteiger partial charge is 0.345 e. The van der Waals surface area contributed by atoms with E-state index in [1.807, 2.05) is 28.0 Å². The third-order valence-corrected chi connectivity index (χ3v) is 6.15. The van der Waals surface area contributed by atoms with Gasteiger partial charge in [-0.05, 0) is 48.6 Å². The first kappa shape index (κ1) is 20.9. The molecule has 2 unspecified atom stereocenters. The molecule has 2 amide bonds. The number of likely N-dealkylation sites (tertiary alicyclic amines) is 1. The lowest BCUT2D eigenvalue weighted by Crippen LogP contribution is -2.51. The van der Waals surface area contributed by atoms with Gasteiger partial charge in [-0.1, -0.05) is 5.16 Å². The van der Waals surface area contributed by atoms with Gasteiger partial charge in [0.2, 0.25) is 23.5 Å². The van der Waals surface area contributed by atoms with Gasteiger partial charge in [-0.3, -0.25) is 9.59 Å². The summed E-state index contributed by atoms with van der Waals surface area (Å²) in [5, 5.41) is 10.9. The van der Waals surface area contributed by atoms with Crippen LogP contribution in [0.2, 0.25) is 0 Å². The Balaban J connectivity index is 1.59. The number of piperidine rings is 1. The van der Waals surface area contributed by atoms with Gasteiger partial charge in [0.25, 0.3) is 0 Å². The lowest BCUT2D eigenvalue weighted by Gasteiger charge is -2.34. The van der Waals surface area contributed by atoms with E-state index in [1.54, 1.807) is 23.1 Å². The van der Waals surface area contributed by atoms with E-state index in [9.17, 15) is 9.59 Å². The zero-order valence-corrected chi connectivity index (χ0v) is 17.9. The fourth-order valence-corrected chi connectivity index (χ4v) is 4.59. The molecule has 1 N–H and O–H groups in total. The van der Waals surface area contributed by atoms with Crippen molar-refractivity contribution in [2.75, 3.05) is 25.1 Å². The quantitative estimate of drug-likeness (QED) is 0.704. The van der Waals surface area contributed by atoms with Crippen LogP contribution in [-0.2, 0) is 16.0 Å². The summed E-state index contributed by atoms with van der Waals surface area (Å²) in [6.45, 7) is 2.85. The van der Waals surface area contributed by atoms with Crippen LogP contribution in [0.4, 0.5) is 0 Å². The van der Waals surface area contributed by atoms with Gasteiger partial charge in [-0.2, -0.15) is 28.1 Å². The van der Waals surface area contributed by atoms with Crippen LogP contribution < -0.4 is 5.32 Å². The molecule has 152 valence electrons. The van der Waals surface area contributed by atoms with Crippen molar-refractivity contribution in [3.8, 4) is 11.4 Å². The summed E-state index contributed by atoms with van der Waals surface area (Å²) in [5.41, 5.74) is 0.965. The van der Waals surface area contributed by atoms with Gasteiger partial charge in [0.15, 0.2) is 0 Å². The molecular formula is C19H26N4O3S2. The van der Waals surface area contributed by atoms with Crippen molar-refractivity contribution in [3.63, 3.8) is 0 Å². The number of nitrogens with zero attached hydrogens (tertiary/aromatic N) is 3. The molecule has 1 aliphatic rings. The number of thiophene rings is 1. The summed E-state index contributed by atoms with van der Waals surface area (Å²) >= 11 is 3.27. The number of rotatable bonds is 8. The molecule has 0 bridgehead atoms. The van der Waals surface area contributed by atoms with Crippen LogP contribution in [0.25, 0.3) is 11.4 Å². The number of carbonyl (C=O) groups excluding carboxylic acids is 2. The van der Waals surface area contributed by atoms with Crippen LogP contribution in [0.5, 0.6) is 0 Å². The normalized spacial score (nSPS) is 18.1. The van der Waals surface area contributed by atoms with E-state index >= 15 is 0 Å². The number of hydrogen-bond donors (Lipinski definition) is 1. The summed E-state index contributed by atoms with van der Waals surface area (Å²) in [4.78, 5) is 30.8. The second kappa shape index (κ2) is 10.1. The van der Waals surface area contributed by atoms with Gasteiger partial charge >= 0.3 is 0 Å². The average molecular weight is 423 g/mol. The fraction of sp³-hybridized carbons (Fsp3) is 0.579. The van der Waals surface area contributed by atoms with Crippen LogP contribution in [0.15, 0.2) is 21.3 Å². The van der Waals surface area contributed by atoms with Crippen LogP contribution in [0, 0.1) is 5.92 Å². The Kier molecular flexibility index (Phi) is 7.50. The Labute approximate surface area is 173 Å². The molecule has 9 heteroatoms. The lowest BCUT2D eigenvalue weighted by molar-refractivity contribution is -0.137. The van der Waals surface area contributed by atoms with E-state index in [0.717, 1.165) is 30.7 Å². The molecule has 7 nitrogen and oxygen atoms in total. The highest BCUT2D eigenvalue weighted by molar-refractivity contribution is 7.98. The molecule has 2 atom stereocenters. The topological polar surface area (TPSA) is 88.3 Å². The third-order valence-electron chi connectivity index (χ3n) is 4.83. The SMILES string of the molecule is CSCCC(NC(C)=O)C(=O)N1CCCC(Cc2nc(-c3ccsc3)no2)C1. The molecular weight excluding hydrogens is 396 g/mol. The van der Waals surface area contributed by atoms with Crippen molar-refractivity contribution < 1.29 is 14.1 Å². The number of amides is 2. The Morgan fingerprint density at radius 2 is 2.36 bits per heavy atom. The smallest absolute Gasteiger partial charge is 0.245 e. The summed E-state index contributed by atoms with van der Waals surface area (Å²) in [6, 6.07) is 1.52. The number of thioether (sulfide) groups is 1. The van der Waals surface area contributed by atoms with Crippen LogP contribution >= 0.6 is 23.1 Å². The molecule has 1 saturated heterocycles. The maximum Gasteiger partial charge on any atom is 0.245 e. The summed E-state index contributed by atoms with van der Waals surface area (Å²) < 4.78 is 5.42. The second-order valence-corrected chi connectivity index (χ2v) is 8.82. The minimum absolute atomic E-state index is 0.0124. The zero-order chi connectivity index (χ0) is 19.9. The Morgan fingerprint density at radius 3 is 3.07 bits per heavy atom. The van der Waals surface area contributed by atoms with Gasteiger partial charge in [0.1, 0.15) is 6.04 Å².